The molecule has 0 unspecified atom stereocenters. The van der Waals surface area contributed by atoms with Crippen molar-refractivity contribution in [2.75, 3.05) is 56.7 Å². The molecule has 1 aliphatic heterocycles. The molecule has 3 heterocycles. The lowest BCUT2D eigenvalue weighted by Gasteiger charge is -2.35. The summed E-state index contributed by atoms with van der Waals surface area (Å²) in [5.41, 5.74) is 2.30. The van der Waals surface area contributed by atoms with Gasteiger partial charge in [-0.1, -0.05) is 30.3 Å². The van der Waals surface area contributed by atoms with E-state index in [1.807, 2.05) is 18.2 Å². The van der Waals surface area contributed by atoms with Crippen LogP contribution in [-0.2, 0) is 21.2 Å². The molecule has 30 heavy (non-hydrogen) atoms. The minimum Gasteiger partial charge on any atom is -0.377 e. The molecule has 7 nitrogen and oxygen atoms in total. The van der Waals surface area contributed by atoms with E-state index in [4.69, 9.17) is 14.7 Å². The zero-order valence-electron chi connectivity index (χ0n) is 17.2. The lowest BCUT2D eigenvalue weighted by atomic mass is 10.1. The molecule has 1 saturated heterocycles. The molecule has 1 fully saturated rings. The van der Waals surface area contributed by atoms with Crippen molar-refractivity contribution in [3.05, 3.63) is 41.5 Å². The lowest BCUT2D eigenvalue weighted by molar-refractivity contribution is 0.178. The Bertz CT molecular complexity index is 1110. The van der Waals surface area contributed by atoms with Crippen LogP contribution in [0.1, 0.15) is 5.82 Å². The number of ether oxygens (including phenoxy) is 1. The summed E-state index contributed by atoms with van der Waals surface area (Å²) in [5.74, 6) is 1.82. The summed E-state index contributed by atoms with van der Waals surface area (Å²) in [4.78, 5) is 15.0. The second-order valence-corrected chi connectivity index (χ2v) is 10.7. The molecule has 0 saturated carbocycles. The highest BCUT2D eigenvalue weighted by Crippen LogP contribution is 2.38. The van der Waals surface area contributed by atoms with Crippen LogP contribution in [0.3, 0.4) is 0 Å². The Hall–Kier alpha value is -2.07. The minimum atomic E-state index is -2.95. The van der Waals surface area contributed by atoms with Crippen molar-refractivity contribution >= 4 is 37.2 Å². The van der Waals surface area contributed by atoms with E-state index in [0.717, 1.165) is 53.3 Å². The third-order valence-corrected chi connectivity index (χ3v) is 7.07. The van der Waals surface area contributed by atoms with Crippen molar-refractivity contribution in [2.45, 2.75) is 6.61 Å². The summed E-state index contributed by atoms with van der Waals surface area (Å²) >= 11 is 1.63. The number of piperazine rings is 1. The maximum atomic E-state index is 11.5. The van der Waals surface area contributed by atoms with Gasteiger partial charge in [-0.05, 0) is 5.56 Å². The Morgan fingerprint density at radius 3 is 2.50 bits per heavy atom. The van der Waals surface area contributed by atoms with Crippen molar-refractivity contribution in [1.29, 1.82) is 0 Å². The van der Waals surface area contributed by atoms with E-state index in [1.54, 1.807) is 18.4 Å². The van der Waals surface area contributed by atoms with E-state index in [2.05, 4.69) is 27.3 Å². The summed E-state index contributed by atoms with van der Waals surface area (Å²) < 4.78 is 28.3. The topological polar surface area (TPSA) is 75.6 Å². The monoisotopic (exact) mass is 446 g/mol. The molecule has 9 heteroatoms. The quantitative estimate of drug-likeness (QED) is 0.552. The number of sulfone groups is 1. The molecular weight excluding hydrogens is 420 g/mol. The predicted molar refractivity (Wildman–Crippen MR) is 122 cm³/mol. The van der Waals surface area contributed by atoms with Crippen molar-refractivity contribution in [2.24, 2.45) is 0 Å². The third kappa shape index (κ3) is 4.80. The average Bonchev–Trinajstić information content (AvgIpc) is 3.16. The second kappa shape index (κ2) is 8.97. The van der Waals surface area contributed by atoms with Gasteiger partial charge in [0.25, 0.3) is 0 Å². The predicted octanol–water partition coefficient (Wildman–Crippen LogP) is 2.67. The highest BCUT2D eigenvalue weighted by atomic mass is 32.2. The molecule has 2 aromatic heterocycles. The fraction of sp³-hybridized carbons (Fsp3) is 0.429. The van der Waals surface area contributed by atoms with E-state index in [0.29, 0.717) is 19.0 Å². The van der Waals surface area contributed by atoms with Crippen molar-refractivity contribution < 1.29 is 13.2 Å². The molecule has 0 N–H and O–H groups in total. The van der Waals surface area contributed by atoms with Crippen LogP contribution in [0.2, 0.25) is 0 Å². The van der Waals surface area contributed by atoms with Crippen LogP contribution in [0.5, 0.6) is 0 Å². The lowest BCUT2D eigenvalue weighted by Crippen LogP contribution is -2.48. The molecular formula is C21H26N4O3S2. The zero-order chi connectivity index (χ0) is 21.1. The van der Waals surface area contributed by atoms with Crippen LogP contribution in [0.25, 0.3) is 21.3 Å². The number of thiophene rings is 1. The van der Waals surface area contributed by atoms with Gasteiger partial charge in [-0.2, -0.15) is 0 Å². The van der Waals surface area contributed by atoms with Crippen LogP contribution in [0, 0.1) is 0 Å². The Morgan fingerprint density at radius 1 is 1.10 bits per heavy atom. The number of fused-ring (bicyclic) bond motifs is 1. The molecule has 0 spiro atoms. The number of nitrogens with zero attached hydrogens (tertiary/aromatic N) is 4. The van der Waals surface area contributed by atoms with E-state index >= 15 is 0 Å². The highest BCUT2D eigenvalue weighted by Gasteiger charge is 2.24. The largest absolute Gasteiger partial charge is 0.377 e. The Labute approximate surface area is 181 Å². The summed E-state index contributed by atoms with van der Waals surface area (Å²) in [6.45, 7) is 4.17. The van der Waals surface area contributed by atoms with E-state index in [9.17, 15) is 8.42 Å². The molecule has 160 valence electrons. The van der Waals surface area contributed by atoms with Gasteiger partial charge in [-0.3, -0.25) is 4.90 Å². The summed E-state index contributed by atoms with van der Waals surface area (Å²) in [5, 5.41) is 3.23. The standard InChI is InChI=1S/C21H26N4O3S2/c1-28-14-18-22-20(25-10-8-24(9-11-25)12-13-30(2,26)27)19-17(15-29-21(19)23-18)16-6-4-3-5-7-16/h3-7,15H,8-14H2,1-2H3. The van der Waals surface area contributed by atoms with Crippen molar-refractivity contribution in [3.63, 3.8) is 0 Å². The van der Waals surface area contributed by atoms with Crippen LogP contribution in [0.15, 0.2) is 35.7 Å². The molecule has 1 aromatic carbocycles. The number of rotatable bonds is 7. The first-order chi connectivity index (χ1) is 14.4. The zero-order valence-corrected chi connectivity index (χ0v) is 18.9. The smallest absolute Gasteiger partial charge is 0.158 e. The number of methoxy groups -OCH3 is 1. The van der Waals surface area contributed by atoms with Gasteiger partial charge < -0.3 is 9.64 Å². The number of benzene rings is 1. The minimum absolute atomic E-state index is 0.200. The van der Waals surface area contributed by atoms with Gasteiger partial charge in [0.1, 0.15) is 27.1 Å². The molecule has 3 aromatic rings. The maximum absolute atomic E-state index is 11.5. The van der Waals surface area contributed by atoms with Gasteiger partial charge in [-0.15, -0.1) is 11.3 Å². The van der Waals surface area contributed by atoms with Crippen molar-refractivity contribution in [3.8, 4) is 11.1 Å². The normalized spacial score (nSPS) is 15.7. The highest BCUT2D eigenvalue weighted by molar-refractivity contribution is 7.90. The van der Waals surface area contributed by atoms with Crippen molar-refractivity contribution in [1.82, 2.24) is 14.9 Å². The molecule has 0 radical (unpaired) electrons. The van der Waals surface area contributed by atoms with Gasteiger partial charge in [-0.25, -0.2) is 18.4 Å². The Morgan fingerprint density at radius 2 is 1.83 bits per heavy atom. The molecule has 0 amide bonds. The van der Waals surface area contributed by atoms with Crippen LogP contribution in [0.4, 0.5) is 5.82 Å². The fourth-order valence-electron chi connectivity index (χ4n) is 3.70. The SMILES string of the molecule is COCc1nc(N2CCN(CCS(C)(=O)=O)CC2)c2c(-c3ccccc3)csc2n1. The molecule has 4 rings (SSSR count). The van der Waals surface area contributed by atoms with Gasteiger partial charge in [0.05, 0.1) is 11.1 Å². The average molecular weight is 447 g/mol. The molecule has 0 bridgehead atoms. The fourth-order valence-corrected chi connectivity index (χ4v) is 5.25. The summed E-state index contributed by atoms with van der Waals surface area (Å²) in [6, 6.07) is 10.3. The van der Waals surface area contributed by atoms with Crippen LogP contribution in [-0.4, -0.2) is 75.1 Å². The third-order valence-electron chi connectivity index (χ3n) is 5.27. The maximum Gasteiger partial charge on any atom is 0.158 e. The number of hydrogen-bond donors (Lipinski definition) is 0. The van der Waals surface area contributed by atoms with E-state index in [-0.39, 0.29) is 5.75 Å². The molecule has 1 aliphatic rings. The Kier molecular flexibility index (Phi) is 6.33. The number of anilines is 1. The summed E-state index contributed by atoms with van der Waals surface area (Å²) in [7, 11) is -1.30. The van der Waals surface area contributed by atoms with E-state index < -0.39 is 9.84 Å². The first-order valence-electron chi connectivity index (χ1n) is 9.92. The Balaban J connectivity index is 1.65. The van der Waals surface area contributed by atoms with Crippen LogP contribution >= 0.6 is 11.3 Å². The van der Waals surface area contributed by atoms with E-state index in [1.165, 1.54) is 6.26 Å². The van der Waals surface area contributed by atoms with Gasteiger partial charge in [0, 0.05) is 57.0 Å². The first-order valence-corrected chi connectivity index (χ1v) is 12.9. The van der Waals surface area contributed by atoms with Gasteiger partial charge in [0.2, 0.25) is 0 Å². The number of hydrogen-bond acceptors (Lipinski definition) is 8. The second-order valence-electron chi connectivity index (χ2n) is 7.55. The summed E-state index contributed by atoms with van der Waals surface area (Å²) in [6.07, 6.45) is 1.29. The van der Waals surface area contributed by atoms with Gasteiger partial charge in [0.15, 0.2) is 5.82 Å². The number of aromatic nitrogens is 2. The van der Waals surface area contributed by atoms with Gasteiger partial charge >= 0.3 is 0 Å². The molecule has 0 aliphatic carbocycles. The van der Waals surface area contributed by atoms with Crippen LogP contribution < -0.4 is 4.90 Å². The first kappa shape index (κ1) is 21.2. The molecule has 0 atom stereocenters.